The molecule has 1 saturated heterocycles. The second-order valence-corrected chi connectivity index (χ2v) is 8.41. The van der Waals surface area contributed by atoms with Gasteiger partial charge in [0.15, 0.2) is 6.61 Å². The van der Waals surface area contributed by atoms with Crippen molar-refractivity contribution >= 4 is 28.6 Å². The summed E-state index contributed by atoms with van der Waals surface area (Å²) in [5, 5.41) is 19.9. The molecule has 1 aliphatic heterocycles. The highest BCUT2D eigenvalue weighted by Crippen LogP contribution is 2.31. The maximum Gasteiger partial charge on any atom is 0.341 e. The number of rotatable bonds is 7. The van der Waals surface area contributed by atoms with Crippen molar-refractivity contribution in [2.75, 3.05) is 38.2 Å². The number of β-amino-alcohol motifs (C(OH)–C–C–N with tert-alkyl or cyclic N) is 1. The van der Waals surface area contributed by atoms with Crippen LogP contribution in [0.3, 0.4) is 0 Å². The maximum atomic E-state index is 12.9. The first-order valence-electron chi connectivity index (χ1n) is 10.6. The second kappa shape index (κ2) is 9.03. The van der Waals surface area contributed by atoms with Crippen LogP contribution in [0.4, 0.5) is 5.69 Å². The third-order valence-electron chi connectivity index (χ3n) is 5.72. The molecule has 3 heterocycles. The average Bonchev–Trinajstić information content (AvgIpc) is 3.18. The van der Waals surface area contributed by atoms with Gasteiger partial charge in [-0.25, -0.2) is 9.78 Å². The maximum absolute atomic E-state index is 12.9. The van der Waals surface area contributed by atoms with Crippen LogP contribution in [0, 0.1) is 6.92 Å². The normalized spacial score (nSPS) is 17.8. The Bertz CT molecular complexity index is 1180. The zero-order valence-electron chi connectivity index (χ0n) is 18.6. The molecule has 0 bridgehead atoms. The van der Waals surface area contributed by atoms with Gasteiger partial charge in [0, 0.05) is 37.6 Å². The van der Waals surface area contributed by atoms with Crippen LogP contribution in [0.15, 0.2) is 48.7 Å². The van der Waals surface area contributed by atoms with E-state index in [1.165, 1.54) is 4.90 Å². The quantitative estimate of drug-likeness (QED) is 0.562. The molecule has 1 atom stereocenters. The van der Waals surface area contributed by atoms with E-state index in [1.807, 2.05) is 25.1 Å². The number of nitrogens with zero attached hydrogens (tertiary/aromatic N) is 4. The number of benzene rings is 1. The predicted molar refractivity (Wildman–Crippen MR) is 123 cm³/mol. The van der Waals surface area contributed by atoms with E-state index in [0.717, 1.165) is 22.4 Å². The fourth-order valence-electron chi connectivity index (χ4n) is 4.13. The van der Waals surface area contributed by atoms with Crippen molar-refractivity contribution in [1.82, 2.24) is 14.9 Å². The van der Waals surface area contributed by atoms with E-state index < -0.39 is 18.2 Å². The van der Waals surface area contributed by atoms with Gasteiger partial charge in [-0.1, -0.05) is 0 Å². The SMILES string of the molecule is Cc1ccc2nccc(N3CC[C@@](O)(CN(C)C(=O)c4ccc(OCC(=O)O)cc4)C3)c2n1. The van der Waals surface area contributed by atoms with Gasteiger partial charge >= 0.3 is 5.97 Å². The van der Waals surface area contributed by atoms with Gasteiger partial charge in [-0.15, -0.1) is 0 Å². The Morgan fingerprint density at radius 1 is 1.18 bits per heavy atom. The van der Waals surface area contributed by atoms with Crippen molar-refractivity contribution in [2.24, 2.45) is 0 Å². The topological polar surface area (TPSA) is 116 Å². The third kappa shape index (κ3) is 5.04. The Hall–Kier alpha value is -3.72. The number of aryl methyl sites for hydroxylation is 1. The summed E-state index contributed by atoms with van der Waals surface area (Å²) in [6.45, 7) is 2.68. The van der Waals surface area contributed by atoms with E-state index in [4.69, 9.17) is 9.84 Å². The van der Waals surface area contributed by atoms with E-state index in [1.54, 1.807) is 37.5 Å². The summed E-state index contributed by atoms with van der Waals surface area (Å²) in [5.41, 5.74) is 2.79. The van der Waals surface area contributed by atoms with Crippen molar-refractivity contribution < 1.29 is 24.5 Å². The molecule has 0 spiro atoms. The summed E-state index contributed by atoms with van der Waals surface area (Å²) in [6.07, 6.45) is 2.26. The molecule has 0 saturated carbocycles. The summed E-state index contributed by atoms with van der Waals surface area (Å²) < 4.78 is 5.10. The van der Waals surface area contributed by atoms with Crippen LogP contribution in [-0.2, 0) is 4.79 Å². The number of hydrogen-bond donors (Lipinski definition) is 2. The standard InChI is InChI=1S/C24H26N4O5/c1-16-3-8-19-22(26-16)20(9-11-25-19)28-12-10-24(32,15-28)14-27(2)23(31)17-4-6-18(7-5-17)33-13-21(29)30/h3-9,11,32H,10,12-15H2,1-2H3,(H,29,30)/t24-/m1/s1. The summed E-state index contributed by atoms with van der Waals surface area (Å²) in [7, 11) is 1.66. The summed E-state index contributed by atoms with van der Waals surface area (Å²) in [6, 6.07) is 12.0. The Kier molecular flexibility index (Phi) is 6.15. The van der Waals surface area contributed by atoms with Gasteiger partial charge in [0.05, 0.1) is 17.7 Å². The largest absolute Gasteiger partial charge is 0.482 e. The summed E-state index contributed by atoms with van der Waals surface area (Å²) >= 11 is 0. The van der Waals surface area contributed by atoms with Gasteiger partial charge in [0.25, 0.3) is 5.91 Å². The Labute approximate surface area is 191 Å². The van der Waals surface area contributed by atoms with Gasteiger partial charge in [-0.3, -0.25) is 9.78 Å². The molecule has 1 aliphatic rings. The number of carboxylic acid groups (broad SMARTS) is 1. The molecular weight excluding hydrogens is 424 g/mol. The average molecular weight is 450 g/mol. The molecule has 0 radical (unpaired) electrons. The predicted octanol–water partition coefficient (Wildman–Crippen LogP) is 2.12. The van der Waals surface area contributed by atoms with Crippen molar-refractivity contribution in [3.8, 4) is 5.75 Å². The molecule has 2 N–H and O–H groups in total. The molecule has 1 fully saturated rings. The monoisotopic (exact) mass is 450 g/mol. The van der Waals surface area contributed by atoms with Gasteiger partial charge in [0.1, 0.15) is 16.9 Å². The van der Waals surface area contributed by atoms with E-state index >= 15 is 0 Å². The second-order valence-electron chi connectivity index (χ2n) is 8.41. The smallest absolute Gasteiger partial charge is 0.341 e. The minimum absolute atomic E-state index is 0.176. The number of pyridine rings is 2. The van der Waals surface area contributed by atoms with Gasteiger partial charge in [-0.05, 0) is 55.8 Å². The molecule has 1 amide bonds. The molecule has 0 aliphatic carbocycles. The van der Waals surface area contributed by atoms with E-state index in [2.05, 4.69) is 14.9 Å². The highest BCUT2D eigenvalue weighted by molar-refractivity contribution is 5.94. The van der Waals surface area contributed by atoms with Crippen molar-refractivity contribution in [2.45, 2.75) is 18.9 Å². The van der Waals surface area contributed by atoms with Crippen molar-refractivity contribution in [3.05, 3.63) is 59.9 Å². The van der Waals surface area contributed by atoms with Crippen LogP contribution in [0.2, 0.25) is 0 Å². The molecule has 1 aromatic carbocycles. The van der Waals surface area contributed by atoms with Crippen LogP contribution >= 0.6 is 0 Å². The number of carbonyl (C=O) groups excluding carboxylic acids is 1. The van der Waals surface area contributed by atoms with Crippen LogP contribution in [0.1, 0.15) is 22.5 Å². The summed E-state index contributed by atoms with van der Waals surface area (Å²) in [5.74, 6) is -0.937. The van der Waals surface area contributed by atoms with Crippen LogP contribution < -0.4 is 9.64 Å². The van der Waals surface area contributed by atoms with Crippen molar-refractivity contribution in [1.29, 1.82) is 0 Å². The first-order chi connectivity index (χ1) is 15.7. The Balaban J connectivity index is 1.43. The number of aromatic nitrogens is 2. The van der Waals surface area contributed by atoms with Crippen LogP contribution in [0.25, 0.3) is 11.0 Å². The number of carbonyl (C=O) groups is 2. The number of aliphatic carboxylic acids is 1. The first-order valence-corrected chi connectivity index (χ1v) is 10.6. The molecule has 33 heavy (non-hydrogen) atoms. The third-order valence-corrected chi connectivity index (χ3v) is 5.72. The zero-order chi connectivity index (χ0) is 23.6. The number of aliphatic hydroxyl groups is 1. The molecule has 2 aromatic heterocycles. The van der Waals surface area contributed by atoms with E-state index in [0.29, 0.717) is 30.8 Å². The van der Waals surface area contributed by atoms with Gasteiger partial charge < -0.3 is 24.7 Å². The minimum Gasteiger partial charge on any atom is -0.482 e. The van der Waals surface area contributed by atoms with Crippen LogP contribution in [-0.4, -0.2) is 75.8 Å². The van der Waals surface area contributed by atoms with Crippen molar-refractivity contribution in [3.63, 3.8) is 0 Å². The van der Waals surface area contributed by atoms with Gasteiger partial charge in [0.2, 0.25) is 0 Å². The molecule has 172 valence electrons. The lowest BCUT2D eigenvalue weighted by molar-refractivity contribution is -0.139. The minimum atomic E-state index is -1.07. The number of carboxylic acids is 1. The number of hydrogen-bond acceptors (Lipinski definition) is 7. The Morgan fingerprint density at radius 3 is 2.67 bits per heavy atom. The van der Waals surface area contributed by atoms with E-state index in [-0.39, 0.29) is 12.5 Å². The molecule has 9 nitrogen and oxygen atoms in total. The fourth-order valence-corrected chi connectivity index (χ4v) is 4.13. The van der Waals surface area contributed by atoms with Gasteiger partial charge in [-0.2, -0.15) is 0 Å². The fraction of sp³-hybridized carbons (Fsp3) is 0.333. The molecular formula is C24H26N4O5. The first kappa shape index (κ1) is 22.5. The highest BCUT2D eigenvalue weighted by atomic mass is 16.5. The van der Waals surface area contributed by atoms with Crippen LogP contribution in [0.5, 0.6) is 5.75 Å². The molecule has 4 rings (SSSR count). The lowest BCUT2D eigenvalue weighted by atomic mass is 10.0. The highest BCUT2D eigenvalue weighted by Gasteiger charge is 2.38. The lowest BCUT2D eigenvalue weighted by Crippen LogP contribution is -2.45. The Morgan fingerprint density at radius 2 is 1.94 bits per heavy atom. The molecule has 3 aromatic rings. The molecule has 9 heteroatoms. The number of amides is 1. The zero-order valence-corrected chi connectivity index (χ0v) is 18.6. The van der Waals surface area contributed by atoms with E-state index in [9.17, 15) is 14.7 Å². The summed E-state index contributed by atoms with van der Waals surface area (Å²) in [4.78, 5) is 36.1. The molecule has 0 unspecified atom stereocenters. The number of anilines is 1. The lowest BCUT2D eigenvalue weighted by Gasteiger charge is -2.29. The number of fused-ring (bicyclic) bond motifs is 1. The number of ether oxygens (including phenoxy) is 1. The number of likely N-dealkylation sites (N-methyl/N-ethyl adjacent to an activating group) is 1.